The van der Waals surface area contributed by atoms with Gasteiger partial charge in [0.05, 0.1) is 17.8 Å². The summed E-state index contributed by atoms with van der Waals surface area (Å²) in [5, 5.41) is 7.55. The highest BCUT2D eigenvalue weighted by molar-refractivity contribution is 6.02. The van der Waals surface area contributed by atoms with E-state index in [1.807, 2.05) is 0 Å². The van der Waals surface area contributed by atoms with Gasteiger partial charge in [-0.1, -0.05) is 12.1 Å². The Morgan fingerprint density at radius 2 is 2.00 bits per heavy atom. The first-order valence-electron chi connectivity index (χ1n) is 8.57. The Hall–Kier alpha value is -3.69. The zero-order valence-electron chi connectivity index (χ0n) is 15.2. The summed E-state index contributed by atoms with van der Waals surface area (Å²) in [5.74, 6) is -1.42. The Bertz CT molecular complexity index is 951. The molecule has 1 aliphatic heterocycles. The number of amides is 3. The topological polar surface area (TPSA) is 106 Å². The third kappa shape index (κ3) is 4.98. The molecule has 1 heterocycles. The predicted molar refractivity (Wildman–Crippen MR) is 99.2 cm³/mol. The molecule has 0 saturated carbocycles. The number of hydrogen-bond acceptors (Lipinski definition) is 5. The lowest BCUT2D eigenvalue weighted by molar-refractivity contribution is -0.122. The van der Waals surface area contributed by atoms with Crippen LogP contribution in [0.4, 0.5) is 20.2 Å². The van der Waals surface area contributed by atoms with E-state index in [1.165, 1.54) is 30.3 Å². The first kappa shape index (κ1) is 20.1. The highest BCUT2D eigenvalue weighted by Crippen LogP contribution is 2.32. The minimum Gasteiger partial charge on any atom is -0.479 e. The van der Waals surface area contributed by atoms with E-state index in [0.29, 0.717) is 17.1 Å². The van der Waals surface area contributed by atoms with E-state index >= 15 is 0 Å². The summed E-state index contributed by atoms with van der Waals surface area (Å²) in [4.78, 5) is 36.0. The summed E-state index contributed by atoms with van der Waals surface area (Å²) in [6.07, 6.45) is -0.616. The van der Waals surface area contributed by atoms with Crippen molar-refractivity contribution >= 4 is 29.1 Å². The van der Waals surface area contributed by atoms with Crippen molar-refractivity contribution in [3.05, 3.63) is 48.0 Å². The van der Waals surface area contributed by atoms with Crippen LogP contribution in [0, 0.1) is 0 Å². The van der Waals surface area contributed by atoms with E-state index in [4.69, 9.17) is 4.74 Å². The third-order valence-electron chi connectivity index (χ3n) is 3.95. The smallest absolute Gasteiger partial charge is 0.387 e. The summed E-state index contributed by atoms with van der Waals surface area (Å²) in [6.45, 7) is -1.87. The number of para-hydroxylation sites is 1. The molecule has 8 nitrogen and oxygen atoms in total. The van der Waals surface area contributed by atoms with Gasteiger partial charge in [0, 0.05) is 5.69 Å². The van der Waals surface area contributed by atoms with Gasteiger partial charge in [-0.05, 0) is 37.3 Å². The van der Waals surface area contributed by atoms with Crippen LogP contribution in [0.3, 0.4) is 0 Å². The molecule has 0 fully saturated rings. The second-order valence-electron chi connectivity index (χ2n) is 6.07. The maximum atomic E-state index is 12.4. The maximum absolute atomic E-state index is 12.4. The lowest BCUT2D eigenvalue weighted by Crippen LogP contribution is -2.34. The highest BCUT2D eigenvalue weighted by atomic mass is 19.3. The van der Waals surface area contributed by atoms with E-state index in [1.54, 1.807) is 19.1 Å². The van der Waals surface area contributed by atoms with E-state index < -0.39 is 31.1 Å². The molecule has 0 saturated heterocycles. The molecule has 0 radical (unpaired) electrons. The molecule has 2 aromatic rings. The standard InChI is InChI=1S/C19H17F2N3O5/c1-10-17(26)24-13-8-11(6-7-15(13)28-10)23-16(25)9-22-18(27)12-4-2-3-5-14(12)29-19(20)21/h2-8,10,19H,9H2,1H3,(H,22,27)(H,23,25)(H,24,26). The first-order valence-corrected chi connectivity index (χ1v) is 8.57. The number of benzene rings is 2. The molecular weight excluding hydrogens is 388 g/mol. The number of halogens is 2. The monoisotopic (exact) mass is 405 g/mol. The Balaban J connectivity index is 1.59. The quantitative estimate of drug-likeness (QED) is 0.684. The number of rotatable bonds is 6. The fourth-order valence-corrected chi connectivity index (χ4v) is 2.60. The summed E-state index contributed by atoms with van der Waals surface area (Å²) >= 11 is 0. The summed E-state index contributed by atoms with van der Waals surface area (Å²) < 4.78 is 34.6. The van der Waals surface area contributed by atoms with Crippen LogP contribution in [0.5, 0.6) is 11.5 Å². The normalized spacial score (nSPS) is 15.0. The van der Waals surface area contributed by atoms with Crippen molar-refractivity contribution in [2.75, 3.05) is 17.2 Å². The molecule has 1 atom stereocenters. The molecule has 3 rings (SSSR count). The Morgan fingerprint density at radius 3 is 2.76 bits per heavy atom. The van der Waals surface area contributed by atoms with Crippen LogP contribution in [0.1, 0.15) is 17.3 Å². The van der Waals surface area contributed by atoms with Crippen molar-refractivity contribution in [1.82, 2.24) is 5.32 Å². The highest BCUT2D eigenvalue weighted by Gasteiger charge is 2.23. The number of fused-ring (bicyclic) bond motifs is 1. The van der Waals surface area contributed by atoms with Gasteiger partial charge >= 0.3 is 6.61 Å². The Kier molecular flexibility index (Phi) is 5.91. The molecule has 29 heavy (non-hydrogen) atoms. The number of nitrogens with one attached hydrogen (secondary N) is 3. The molecule has 1 unspecified atom stereocenters. The van der Waals surface area contributed by atoms with Gasteiger partial charge in [-0.15, -0.1) is 0 Å². The van der Waals surface area contributed by atoms with Gasteiger partial charge in [0.15, 0.2) is 6.10 Å². The number of alkyl halides is 2. The van der Waals surface area contributed by atoms with Crippen LogP contribution in [0.2, 0.25) is 0 Å². The maximum Gasteiger partial charge on any atom is 0.387 e. The van der Waals surface area contributed by atoms with Gasteiger partial charge in [0.1, 0.15) is 11.5 Å². The Morgan fingerprint density at radius 1 is 1.24 bits per heavy atom. The molecular formula is C19H17F2N3O5. The first-order chi connectivity index (χ1) is 13.8. The second-order valence-corrected chi connectivity index (χ2v) is 6.07. The lowest BCUT2D eigenvalue weighted by atomic mass is 10.2. The largest absolute Gasteiger partial charge is 0.479 e. The SMILES string of the molecule is CC1Oc2ccc(NC(=O)CNC(=O)c3ccccc3OC(F)F)cc2NC1=O. The molecule has 2 aromatic carbocycles. The molecule has 3 amide bonds. The average Bonchev–Trinajstić information content (AvgIpc) is 2.67. The number of carbonyl (C=O) groups is 3. The summed E-state index contributed by atoms with van der Waals surface area (Å²) in [5.41, 5.74) is 0.666. The van der Waals surface area contributed by atoms with Crippen molar-refractivity contribution in [3.63, 3.8) is 0 Å². The second kappa shape index (κ2) is 8.55. The molecule has 1 aliphatic rings. The van der Waals surface area contributed by atoms with Gasteiger partial charge in [-0.25, -0.2) is 0 Å². The van der Waals surface area contributed by atoms with Crippen LogP contribution >= 0.6 is 0 Å². The minimum atomic E-state index is -3.08. The predicted octanol–water partition coefficient (Wildman–Crippen LogP) is 2.38. The summed E-state index contributed by atoms with van der Waals surface area (Å²) in [6, 6.07) is 10.2. The molecule has 3 N–H and O–H groups in total. The van der Waals surface area contributed by atoms with Gasteiger partial charge in [0.2, 0.25) is 5.91 Å². The summed E-state index contributed by atoms with van der Waals surface area (Å²) in [7, 11) is 0. The van der Waals surface area contributed by atoms with Crippen molar-refractivity contribution in [3.8, 4) is 11.5 Å². The fourth-order valence-electron chi connectivity index (χ4n) is 2.60. The van der Waals surface area contributed by atoms with Crippen molar-refractivity contribution in [2.45, 2.75) is 19.6 Å². The van der Waals surface area contributed by atoms with Crippen LogP contribution in [0.15, 0.2) is 42.5 Å². The van der Waals surface area contributed by atoms with E-state index in [2.05, 4.69) is 20.7 Å². The molecule has 0 spiro atoms. The number of anilines is 2. The van der Waals surface area contributed by atoms with E-state index in [-0.39, 0.29) is 17.2 Å². The van der Waals surface area contributed by atoms with Gasteiger partial charge in [-0.2, -0.15) is 8.78 Å². The number of hydrogen-bond donors (Lipinski definition) is 3. The number of carbonyl (C=O) groups excluding carboxylic acids is 3. The molecule has 152 valence electrons. The van der Waals surface area contributed by atoms with Crippen LogP contribution < -0.4 is 25.4 Å². The number of ether oxygens (including phenoxy) is 2. The van der Waals surface area contributed by atoms with E-state index in [9.17, 15) is 23.2 Å². The molecule has 0 bridgehead atoms. The van der Waals surface area contributed by atoms with Crippen molar-refractivity contribution < 1.29 is 32.6 Å². The average molecular weight is 405 g/mol. The molecule has 0 aliphatic carbocycles. The Labute approximate surface area is 164 Å². The van der Waals surface area contributed by atoms with Crippen molar-refractivity contribution in [2.24, 2.45) is 0 Å². The van der Waals surface area contributed by atoms with Gasteiger partial charge < -0.3 is 25.4 Å². The molecule has 0 aromatic heterocycles. The fraction of sp³-hybridized carbons (Fsp3) is 0.211. The van der Waals surface area contributed by atoms with Gasteiger partial charge in [-0.3, -0.25) is 14.4 Å². The van der Waals surface area contributed by atoms with Crippen LogP contribution in [0.25, 0.3) is 0 Å². The minimum absolute atomic E-state index is 0.122. The van der Waals surface area contributed by atoms with Crippen LogP contribution in [-0.2, 0) is 9.59 Å². The molecule has 10 heteroatoms. The van der Waals surface area contributed by atoms with E-state index in [0.717, 1.165) is 0 Å². The van der Waals surface area contributed by atoms with Crippen LogP contribution in [-0.4, -0.2) is 37.0 Å². The zero-order chi connectivity index (χ0) is 21.0. The third-order valence-corrected chi connectivity index (χ3v) is 3.95. The van der Waals surface area contributed by atoms with Crippen molar-refractivity contribution in [1.29, 1.82) is 0 Å². The van der Waals surface area contributed by atoms with Gasteiger partial charge in [0.25, 0.3) is 11.8 Å². The lowest BCUT2D eigenvalue weighted by Gasteiger charge is -2.23. The zero-order valence-corrected chi connectivity index (χ0v) is 15.2.